The van der Waals surface area contributed by atoms with Gasteiger partial charge >= 0.3 is 0 Å². The van der Waals surface area contributed by atoms with E-state index < -0.39 is 0 Å². The van der Waals surface area contributed by atoms with Gasteiger partial charge < -0.3 is 10.4 Å². The Bertz CT molecular complexity index is 379. The molecule has 1 aliphatic rings. The fourth-order valence-electron chi connectivity index (χ4n) is 3.02. The number of benzene rings is 1. The molecule has 106 valence electrons. The van der Waals surface area contributed by atoms with E-state index in [1.807, 2.05) is 0 Å². The molecule has 1 fully saturated rings. The van der Waals surface area contributed by atoms with Gasteiger partial charge in [-0.3, -0.25) is 0 Å². The van der Waals surface area contributed by atoms with E-state index in [-0.39, 0.29) is 0 Å². The summed E-state index contributed by atoms with van der Waals surface area (Å²) in [6.45, 7) is 3.64. The van der Waals surface area contributed by atoms with Gasteiger partial charge in [-0.25, -0.2) is 0 Å². The van der Waals surface area contributed by atoms with Gasteiger partial charge in [-0.15, -0.1) is 0 Å². The number of hydrogen-bond donors (Lipinski definition) is 2. The maximum Gasteiger partial charge on any atom is 0.0462 e. The van der Waals surface area contributed by atoms with E-state index in [2.05, 4.69) is 52.4 Å². The highest BCUT2D eigenvalue weighted by Gasteiger charge is 2.26. The van der Waals surface area contributed by atoms with Gasteiger partial charge in [-0.1, -0.05) is 34.5 Å². The van der Waals surface area contributed by atoms with Crippen LogP contribution in [0.1, 0.15) is 31.7 Å². The topological polar surface area (TPSA) is 32.3 Å². The smallest absolute Gasteiger partial charge is 0.0462 e. The highest BCUT2D eigenvalue weighted by molar-refractivity contribution is 9.10. The molecule has 3 unspecified atom stereocenters. The Labute approximate surface area is 124 Å². The van der Waals surface area contributed by atoms with Crippen LogP contribution >= 0.6 is 15.9 Å². The quantitative estimate of drug-likeness (QED) is 0.840. The van der Waals surface area contributed by atoms with Crippen molar-refractivity contribution in [2.75, 3.05) is 13.2 Å². The fraction of sp³-hybridized carbons (Fsp3) is 0.625. The summed E-state index contributed by atoms with van der Waals surface area (Å²) in [6.07, 6.45) is 4.80. The lowest BCUT2D eigenvalue weighted by Crippen LogP contribution is -2.34. The normalized spacial score (nSPS) is 24.6. The first-order valence-electron chi connectivity index (χ1n) is 7.27. The van der Waals surface area contributed by atoms with Crippen LogP contribution in [0.5, 0.6) is 0 Å². The van der Waals surface area contributed by atoms with E-state index in [0.717, 1.165) is 17.4 Å². The average molecular weight is 326 g/mol. The zero-order valence-corrected chi connectivity index (χ0v) is 13.2. The minimum atomic E-state index is 0.355. The lowest BCUT2D eigenvalue weighted by atomic mass is 9.96. The fourth-order valence-corrected chi connectivity index (χ4v) is 3.29. The SMILES string of the molecule is CC(Cc1ccc(Br)cc1)NCC1CCCC1CO. The molecule has 1 aliphatic carbocycles. The van der Waals surface area contributed by atoms with Crippen LogP contribution in [0.25, 0.3) is 0 Å². The van der Waals surface area contributed by atoms with Gasteiger partial charge in [-0.05, 0) is 62.3 Å². The molecule has 1 saturated carbocycles. The molecule has 3 heteroatoms. The van der Waals surface area contributed by atoms with Crippen molar-refractivity contribution in [3.8, 4) is 0 Å². The summed E-state index contributed by atoms with van der Waals surface area (Å²) in [7, 11) is 0. The maximum atomic E-state index is 9.33. The second kappa shape index (κ2) is 7.41. The monoisotopic (exact) mass is 325 g/mol. The molecule has 0 aliphatic heterocycles. The Balaban J connectivity index is 1.75. The zero-order valence-electron chi connectivity index (χ0n) is 11.6. The van der Waals surface area contributed by atoms with Gasteiger partial charge in [0, 0.05) is 17.1 Å². The molecule has 3 atom stereocenters. The summed E-state index contributed by atoms with van der Waals surface area (Å²) >= 11 is 3.46. The first-order chi connectivity index (χ1) is 9.19. The van der Waals surface area contributed by atoms with Crippen molar-refractivity contribution in [2.24, 2.45) is 11.8 Å². The van der Waals surface area contributed by atoms with Crippen molar-refractivity contribution in [3.05, 3.63) is 34.3 Å². The van der Waals surface area contributed by atoms with Gasteiger partial charge in [0.05, 0.1) is 0 Å². The van der Waals surface area contributed by atoms with E-state index in [9.17, 15) is 5.11 Å². The third-order valence-electron chi connectivity index (χ3n) is 4.23. The predicted molar refractivity (Wildman–Crippen MR) is 83.2 cm³/mol. The molecule has 1 aromatic rings. The molecule has 0 saturated heterocycles. The van der Waals surface area contributed by atoms with Crippen molar-refractivity contribution >= 4 is 15.9 Å². The Morgan fingerprint density at radius 2 is 1.95 bits per heavy atom. The minimum absolute atomic E-state index is 0.355. The predicted octanol–water partition coefficient (Wildman–Crippen LogP) is 3.38. The minimum Gasteiger partial charge on any atom is -0.396 e. The summed E-state index contributed by atoms with van der Waals surface area (Å²) in [5.41, 5.74) is 1.37. The van der Waals surface area contributed by atoms with Gasteiger partial charge in [0.1, 0.15) is 0 Å². The average Bonchev–Trinajstić information content (AvgIpc) is 2.86. The number of aliphatic hydroxyl groups is 1. The van der Waals surface area contributed by atoms with Crippen LogP contribution in [0, 0.1) is 11.8 Å². The summed E-state index contributed by atoms with van der Waals surface area (Å²) < 4.78 is 1.13. The number of nitrogens with one attached hydrogen (secondary N) is 1. The zero-order chi connectivity index (χ0) is 13.7. The van der Waals surface area contributed by atoms with Crippen LogP contribution in [0.2, 0.25) is 0 Å². The molecule has 2 rings (SSSR count). The van der Waals surface area contributed by atoms with Gasteiger partial charge in [0.25, 0.3) is 0 Å². The second-order valence-electron chi connectivity index (χ2n) is 5.77. The molecule has 2 N–H and O–H groups in total. The third-order valence-corrected chi connectivity index (χ3v) is 4.76. The van der Waals surface area contributed by atoms with E-state index in [1.54, 1.807) is 0 Å². The van der Waals surface area contributed by atoms with E-state index in [1.165, 1.54) is 24.8 Å². The molecule has 0 aromatic heterocycles. The standard InChI is InChI=1S/C16H24BrNO/c1-12(9-13-5-7-16(17)8-6-13)18-10-14-3-2-4-15(14)11-19/h5-8,12,14-15,18-19H,2-4,9-11H2,1H3. The Morgan fingerprint density at radius 3 is 2.63 bits per heavy atom. The first-order valence-corrected chi connectivity index (χ1v) is 8.07. The Kier molecular flexibility index (Phi) is 5.86. The summed E-state index contributed by atoms with van der Waals surface area (Å²) in [4.78, 5) is 0. The number of aliphatic hydroxyl groups excluding tert-OH is 1. The van der Waals surface area contributed by atoms with Crippen molar-refractivity contribution in [2.45, 2.75) is 38.6 Å². The van der Waals surface area contributed by atoms with Crippen LogP contribution in [0.4, 0.5) is 0 Å². The van der Waals surface area contributed by atoms with Crippen molar-refractivity contribution < 1.29 is 5.11 Å². The summed E-state index contributed by atoms with van der Waals surface area (Å²) in [5.74, 6) is 1.18. The molecule has 0 bridgehead atoms. The van der Waals surface area contributed by atoms with Crippen LogP contribution in [-0.2, 0) is 6.42 Å². The van der Waals surface area contributed by atoms with Gasteiger partial charge in [0.15, 0.2) is 0 Å². The Morgan fingerprint density at radius 1 is 1.26 bits per heavy atom. The molecule has 0 heterocycles. The summed E-state index contributed by atoms with van der Waals surface area (Å²) in [5, 5.41) is 13.0. The van der Waals surface area contributed by atoms with E-state index >= 15 is 0 Å². The lowest BCUT2D eigenvalue weighted by Gasteiger charge is -2.21. The van der Waals surface area contributed by atoms with Crippen LogP contribution in [0.15, 0.2) is 28.7 Å². The molecule has 1 aromatic carbocycles. The molecule has 0 spiro atoms. The molecular formula is C16H24BrNO. The number of hydrogen-bond acceptors (Lipinski definition) is 2. The van der Waals surface area contributed by atoms with Crippen molar-refractivity contribution in [1.29, 1.82) is 0 Å². The lowest BCUT2D eigenvalue weighted by molar-refractivity contribution is 0.190. The largest absolute Gasteiger partial charge is 0.396 e. The molecule has 19 heavy (non-hydrogen) atoms. The van der Waals surface area contributed by atoms with E-state index in [4.69, 9.17) is 0 Å². The first kappa shape index (κ1) is 15.0. The molecule has 0 radical (unpaired) electrons. The molecule has 2 nitrogen and oxygen atoms in total. The number of rotatable bonds is 6. The van der Waals surface area contributed by atoms with Gasteiger partial charge in [0.2, 0.25) is 0 Å². The van der Waals surface area contributed by atoms with Gasteiger partial charge in [-0.2, -0.15) is 0 Å². The highest BCUT2D eigenvalue weighted by atomic mass is 79.9. The number of halogens is 1. The summed E-state index contributed by atoms with van der Waals surface area (Å²) in [6, 6.07) is 9.03. The van der Waals surface area contributed by atoms with Crippen LogP contribution in [-0.4, -0.2) is 24.3 Å². The third kappa shape index (κ3) is 4.59. The van der Waals surface area contributed by atoms with Crippen molar-refractivity contribution in [1.82, 2.24) is 5.32 Å². The maximum absolute atomic E-state index is 9.33. The van der Waals surface area contributed by atoms with E-state index in [0.29, 0.717) is 24.5 Å². The Hall–Kier alpha value is -0.380. The van der Waals surface area contributed by atoms with Crippen LogP contribution < -0.4 is 5.32 Å². The van der Waals surface area contributed by atoms with Crippen molar-refractivity contribution in [3.63, 3.8) is 0 Å². The molecule has 0 amide bonds. The molecular weight excluding hydrogens is 302 g/mol. The highest BCUT2D eigenvalue weighted by Crippen LogP contribution is 2.30. The second-order valence-corrected chi connectivity index (χ2v) is 6.69. The van der Waals surface area contributed by atoms with Crippen LogP contribution in [0.3, 0.4) is 0 Å².